The Bertz CT molecular complexity index is 1680. The van der Waals surface area contributed by atoms with Crippen LogP contribution in [0, 0.1) is 15.9 Å². The Morgan fingerprint density at radius 3 is 2.51 bits per heavy atom. The van der Waals surface area contributed by atoms with Crippen molar-refractivity contribution in [2.75, 3.05) is 0 Å². The van der Waals surface area contributed by atoms with Crippen LogP contribution in [-0.2, 0) is 19.0 Å². The number of hydrogen-bond acceptors (Lipinski definition) is 4. The van der Waals surface area contributed by atoms with Crippen molar-refractivity contribution in [3.63, 3.8) is 0 Å². The summed E-state index contributed by atoms with van der Waals surface area (Å²) in [6, 6.07) is 18.6. The Labute approximate surface area is 220 Å². The van der Waals surface area contributed by atoms with Gasteiger partial charge in [0.2, 0.25) is 0 Å². The van der Waals surface area contributed by atoms with Gasteiger partial charge in [-0.15, -0.1) is 18.0 Å². The molecule has 0 N–H and O–H groups in total. The number of rotatable bonds is 4. The van der Waals surface area contributed by atoms with Gasteiger partial charge in [0.15, 0.2) is 4.87 Å². The van der Waals surface area contributed by atoms with E-state index in [9.17, 15) is 4.79 Å². The SMILES string of the molecule is C#Cc1cccc(-c2cc(=O)n(C)c3ccc([C@](Cl)(c4ccc(I)cc4)c4cncn4C)nc23)n1. The maximum absolute atomic E-state index is 12.8. The third-order valence-electron chi connectivity index (χ3n) is 6.03. The molecule has 0 spiro atoms. The fraction of sp³-hybridized carbons (Fsp3) is 0.111. The van der Waals surface area contributed by atoms with Gasteiger partial charge in [-0.05, 0) is 64.6 Å². The van der Waals surface area contributed by atoms with Crippen molar-refractivity contribution in [3.8, 4) is 23.6 Å². The molecule has 0 fully saturated rings. The van der Waals surface area contributed by atoms with E-state index >= 15 is 0 Å². The van der Waals surface area contributed by atoms with E-state index in [0.29, 0.717) is 33.7 Å². The number of halogens is 2. The van der Waals surface area contributed by atoms with Crippen molar-refractivity contribution in [2.24, 2.45) is 14.1 Å². The van der Waals surface area contributed by atoms with Crippen LogP contribution in [0.2, 0.25) is 0 Å². The second-order valence-corrected chi connectivity index (χ2v) is 9.94. The lowest BCUT2D eigenvalue weighted by atomic mass is 9.90. The maximum Gasteiger partial charge on any atom is 0.251 e. The number of imidazole rings is 1. The van der Waals surface area contributed by atoms with Crippen molar-refractivity contribution in [2.45, 2.75) is 4.87 Å². The first-order chi connectivity index (χ1) is 16.8. The lowest BCUT2D eigenvalue weighted by Crippen LogP contribution is -2.27. The van der Waals surface area contributed by atoms with Gasteiger partial charge < -0.3 is 9.13 Å². The minimum Gasteiger partial charge on any atom is -0.336 e. The molecule has 1 aromatic carbocycles. The second kappa shape index (κ2) is 8.95. The maximum atomic E-state index is 12.8. The molecule has 0 aliphatic rings. The van der Waals surface area contributed by atoms with Crippen LogP contribution in [0.5, 0.6) is 0 Å². The Morgan fingerprint density at radius 2 is 1.83 bits per heavy atom. The predicted octanol–water partition coefficient (Wildman–Crippen LogP) is 4.85. The Kier molecular flexibility index (Phi) is 5.95. The summed E-state index contributed by atoms with van der Waals surface area (Å²) >= 11 is 9.76. The molecule has 35 heavy (non-hydrogen) atoms. The quantitative estimate of drug-likeness (QED) is 0.170. The van der Waals surface area contributed by atoms with E-state index in [0.717, 1.165) is 14.8 Å². The number of aryl methyl sites for hydroxylation is 2. The van der Waals surface area contributed by atoms with Crippen molar-refractivity contribution >= 4 is 45.2 Å². The van der Waals surface area contributed by atoms with Crippen molar-refractivity contribution < 1.29 is 0 Å². The van der Waals surface area contributed by atoms with Crippen LogP contribution in [0.1, 0.15) is 22.6 Å². The van der Waals surface area contributed by atoms with Gasteiger partial charge in [-0.3, -0.25) is 4.79 Å². The number of alkyl halides is 1. The number of nitrogens with zero attached hydrogens (tertiary/aromatic N) is 5. The smallest absolute Gasteiger partial charge is 0.251 e. The number of terminal acetylenes is 1. The molecule has 8 heteroatoms. The summed E-state index contributed by atoms with van der Waals surface area (Å²) in [5.41, 5.74) is 4.96. The Morgan fingerprint density at radius 1 is 1.06 bits per heavy atom. The summed E-state index contributed by atoms with van der Waals surface area (Å²) in [6.07, 6.45) is 9.03. The monoisotopic (exact) mass is 591 g/mol. The predicted molar refractivity (Wildman–Crippen MR) is 146 cm³/mol. The second-order valence-electron chi connectivity index (χ2n) is 8.13. The molecular weight excluding hydrogens is 573 g/mol. The van der Waals surface area contributed by atoms with Crippen molar-refractivity contribution in [1.82, 2.24) is 24.1 Å². The molecule has 0 aliphatic carbocycles. The average molecular weight is 592 g/mol. The first-order valence-corrected chi connectivity index (χ1v) is 12.2. The third kappa shape index (κ3) is 3.93. The van der Waals surface area contributed by atoms with E-state index in [4.69, 9.17) is 23.0 Å². The Balaban J connectivity index is 1.84. The van der Waals surface area contributed by atoms with E-state index in [1.807, 2.05) is 60.1 Å². The summed E-state index contributed by atoms with van der Waals surface area (Å²) in [4.78, 5) is 25.5. The summed E-state index contributed by atoms with van der Waals surface area (Å²) in [6.45, 7) is 0. The minimum absolute atomic E-state index is 0.170. The first-order valence-electron chi connectivity index (χ1n) is 10.7. The van der Waals surface area contributed by atoms with Gasteiger partial charge >= 0.3 is 0 Å². The van der Waals surface area contributed by atoms with Gasteiger partial charge in [0.1, 0.15) is 5.69 Å². The lowest BCUT2D eigenvalue weighted by molar-refractivity contribution is 0.729. The summed E-state index contributed by atoms with van der Waals surface area (Å²) in [5, 5.41) is 0. The first kappa shape index (κ1) is 23.3. The third-order valence-corrected chi connectivity index (χ3v) is 7.35. The van der Waals surface area contributed by atoms with Gasteiger partial charge in [0, 0.05) is 29.3 Å². The molecule has 1 atom stereocenters. The highest BCUT2D eigenvalue weighted by Gasteiger charge is 2.38. The summed E-state index contributed by atoms with van der Waals surface area (Å²) in [5.74, 6) is 2.55. The molecule has 5 rings (SSSR count). The molecule has 0 bridgehead atoms. The molecule has 4 aromatic heterocycles. The van der Waals surface area contributed by atoms with Gasteiger partial charge in [-0.1, -0.05) is 24.1 Å². The van der Waals surface area contributed by atoms with E-state index < -0.39 is 4.87 Å². The number of pyridine rings is 3. The molecule has 5 aromatic rings. The van der Waals surface area contributed by atoms with Gasteiger partial charge in [0.25, 0.3) is 5.56 Å². The molecule has 172 valence electrons. The highest BCUT2D eigenvalue weighted by Crippen LogP contribution is 2.43. The molecule has 0 aliphatic heterocycles. The zero-order chi connectivity index (χ0) is 24.7. The highest BCUT2D eigenvalue weighted by atomic mass is 127. The van der Waals surface area contributed by atoms with E-state index in [1.165, 1.54) is 6.07 Å². The Hall–Kier alpha value is -3.48. The molecule has 0 saturated carbocycles. The van der Waals surface area contributed by atoms with Crippen LogP contribution in [0.4, 0.5) is 0 Å². The molecular formula is C27H19ClIN5O. The van der Waals surface area contributed by atoms with Crippen LogP contribution >= 0.6 is 34.2 Å². The minimum atomic E-state index is -1.12. The number of benzene rings is 1. The highest BCUT2D eigenvalue weighted by molar-refractivity contribution is 14.1. The van der Waals surface area contributed by atoms with Crippen molar-refractivity contribution in [1.29, 1.82) is 0 Å². The van der Waals surface area contributed by atoms with E-state index in [2.05, 4.69) is 38.5 Å². The molecule has 6 nitrogen and oxygen atoms in total. The summed E-state index contributed by atoms with van der Waals surface area (Å²) in [7, 11) is 3.62. The zero-order valence-corrected chi connectivity index (χ0v) is 21.8. The number of fused-ring (bicyclic) bond motifs is 1. The molecule has 0 unspecified atom stereocenters. The normalized spacial score (nSPS) is 12.9. The fourth-order valence-electron chi connectivity index (χ4n) is 4.18. The fourth-order valence-corrected chi connectivity index (χ4v) is 4.95. The largest absolute Gasteiger partial charge is 0.336 e. The number of aromatic nitrogens is 5. The van der Waals surface area contributed by atoms with E-state index in [-0.39, 0.29) is 5.56 Å². The standard InChI is InChI=1S/C27H19ClIN5O/c1-4-19-6-5-7-21(31-19)20-14-25(35)34(3)22-12-13-23(32-26(20)22)27(28,24-15-30-16-33(24)2)17-8-10-18(29)11-9-17/h1,5-16H,2-3H3/t27-/m1/s1. The topological polar surface area (TPSA) is 65.6 Å². The molecule has 0 radical (unpaired) electrons. The van der Waals surface area contributed by atoms with Crippen LogP contribution in [-0.4, -0.2) is 24.1 Å². The van der Waals surface area contributed by atoms with Gasteiger partial charge in [-0.2, -0.15) is 0 Å². The zero-order valence-electron chi connectivity index (χ0n) is 18.9. The molecule has 4 heterocycles. The van der Waals surface area contributed by atoms with E-state index in [1.54, 1.807) is 30.2 Å². The molecule has 0 amide bonds. The van der Waals surface area contributed by atoms with Gasteiger partial charge in [0.05, 0.1) is 40.6 Å². The van der Waals surface area contributed by atoms with Crippen LogP contribution < -0.4 is 5.56 Å². The van der Waals surface area contributed by atoms with Crippen LogP contribution in [0.25, 0.3) is 22.3 Å². The lowest BCUT2D eigenvalue weighted by Gasteiger charge is -2.28. The van der Waals surface area contributed by atoms with Crippen LogP contribution in [0.15, 0.2) is 78.0 Å². The van der Waals surface area contributed by atoms with Crippen LogP contribution in [0.3, 0.4) is 0 Å². The average Bonchev–Trinajstić information content (AvgIpc) is 3.32. The molecule has 0 saturated heterocycles. The van der Waals surface area contributed by atoms with Crippen molar-refractivity contribution in [3.05, 3.63) is 110 Å². The van der Waals surface area contributed by atoms with Gasteiger partial charge in [-0.25, -0.2) is 15.0 Å². The number of hydrogen-bond donors (Lipinski definition) is 0. The summed E-state index contributed by atoms with van der Waals surface area (Å²) < 4.78 is 4.54.